The second-order valence-corrected chi connectivity index (χ2v) is 5.47. The molecule has 0 aliphatic rings. The molecule has 20 heavy (non-hydrogen) atoms. The Bertz CT molecular complexity index is 491. The van der Waals surface area contributed by atoms with Crippen LogP contribution in [-0.4, -0.2) is 23.1 Å². The van der Waals surface area contributed by atoms with E-state index in [4.69, 9.17) is 5.11 Å². The lowest BCUT2D eigenvalue weighted by atomic mass is 10.1. The molecule has 0 radical (unpaired) electrons. The molecule has 0 bridgehead atoms. The first kappa shape index (κ1) is 16.5. The van der Waals surface area contributed by atoms with Gasteiger partial charge in [0.1, 0.15) is 6.04 Å². The Balaban J connectivity index is 2.65. The molecule has 0 aliphatic carbocycles. The van der Waals surface area contributed by atoms with Crippen LogP contribution in [0.1, 0.15) is 31.7 Å². The van der Waals surface area contributed by atoms with Crippen molar-refractivity contribution in [3.8, 4) is 0 Å². The van der Waals surface area contributed by atoms with Gasteiger partial charge in [-0.15, -0.1) is 0 Å². The Hall–Kier alpha value is -1.56. The van der Waals surface area contributed by atoms with Gasteiger partial charge in [0.05, 0.1) is 5.69 Å². The van der Waals surface area contributed by atoms with E-state index in [0.29, 0.717) is 12.1 Å². The van der Waals surface area contributed by atoms with Gasteiger partial charge in [0.25, 0.3) is 0 Å². The third kappa shape index (κ3) is 5.21. The molecule has 0 unspecified atom stereocenters. The zero-order valence-electron chi connectivity index (χ0n) is 11.6. The molecule has 110 valence electrons. The maximum atomic E-state index is 11.8. The van der Waals surface area contributed by atoms with Crippen molar-refractivity contribution in [2.24, 2.45) is 0 Å². The van der Waals surface area contributed by atoms with Crippen molar-refractivity contribution in [2.45, 2.75) is 39.2 Å². The monoisotopic (exact) mass is 342 g/mol. The molecule has 0 aromatic heterocycles. The number of aryl methyl sites for hydroxylation is 1. The minimum atomic E-state index is -1.02. The number of carboxylic acids is 1. The Labute approximate surface area is 126 Å². The summed E-state index contributed by atoms with van der Waals surface area (Å²) in [6.07, 6.45) is 2.07. The molecule has 5 nitrogen and oxygen atoms in total. The van der Waals surface area contributed by atoms with Crippen molar-refractivity contribution in [1.29, 1.82) is 0 Å². The van der Waals surface area contributed by atoms with Crippen molar-refractivity contribution >= 4 is 33.6 Å². The standard InChI is InChI=1S/C14H19BrN2O3/c1-3-4-5-11(13(18)19)16-14(20)17-12-8-9(2)6-7-10(12)15/h6-8,11H,3-5H2,1-2H3,(H,18,19)(H2,16,17,20)/t11-/m0/s1. The van der Waals surface area contributed by atoms with Crippen LogP contribution in [0.25, 0.3) is 0 Å². The normalized spacial score (nSPS) is 11.8. The topological polar surface area (TPSA) is 78.4 Å². The molecule has 0 heterocycles. The van der Waals surface area contributed by atoms with Gasteiger partial charge in [0, 0.05) is 4.47 Å². The SMILES string of the molecule is CCCC[C@H](NC(=O)Nc1cc(C)ccc1Br)C(=O)O. The first-order valence-electron chi connectivity index (χ1n) is 6.50. The van der Waals surface area contributed by atoms with Gasteiger partial charge >= 0.3 is 12.0 Å². The number of rotatable bonds is 6. The molecule has 1 aromatic carbocycles. The minimum Gasteiger partial charge on any atom is -0.480 e. The van der Waals surface area contributed by atoms with Crippen LogP contribution in [0.5, 0.6) is 0 Å². The maximum absolute atomic E-state index is 11.8. The summed E-state index contributed by atoms with van der Waals surface area (Å²) in [6, 6.07) is 4.18. The third-order valence-electron chi connectivity index (χ3n) is 2.82. The van der Waals surface area contributed by atoms with Crippen LogP contribution in [-0.2, 0) is 4.79 Å². The summed E-state index contributed by atoms with van der Waals surface area (Å²) in [5.74, 6) is -1.02. The second kappa shape index (κ2) is 7.89. The smallest absolute Gasteiger partial charge is 0.326 e. The second-order valence-electron chi connectivity index (χ2n) is 4.61. The summed E-state index contributed by atoms with van der Waals surface area (Å²) in [4.78, 5) is 22.9. The fraction of sp³-hybridized carbons (Fsp3) is 0.429. The Morgan fingerprint density at radius 2 is 2.10 bits per heavy atom. The van der Waals surface area contributed by atoms with Crippen molar-refractivity contribution in [3.63, 3.8) is 0 Å². The molecule has 0 aliphatic heterocycles. The summed E-state index contributed by atoms with van der Waals surface area (Å²) < 4.78 is 0.749. The molecule has 2 amide bonds. The number of aliphatic carboxylic acids is 1. The zero-order valence-corrected chi connectivity index (χ0v) is 13.2. The Morgan fingerprint density at radius 1 is 1.40 bits per heavy atom. The average Bonchev–Trinajstić information content (AvgIpc) is 2.38. The number of hydrogen-bond donors (Lipinski definition) is 3. The molecule has 0 saturated carbocycles. The number of amides is 2. The molecular weight excluding hydrogens is 324 g/mol. The fourth-order valence-electron chi connectivity index (χ4n) is 1.72. The van der Waals surface area contributed by atoms with E-state index in [2.05, 4.69) is 26.6 Å². The van der Waals surface area contributed by atoms with Gasteiger partial charge in [0.2, 0.25) is 0 Å². The number of carboxylic acid groups (broad SMARTS) is 1. The van der Waals surface area contributed by atoms with E-state index >= 15 is 0 Å². The highest BCUT2D eigenvalue weighted by atomic mass is 79.9. The highest BCUT2D eigenvalue weighted by Crippen LogP contribution is 2.23. The van der Waals surface area contributed by atoms with E-state index in [1.54, 1.807) is 0 Å². The van der Waals surface area contributed by atoms with E-state index in [9.17, 15) is 9.59 Å². The number of carbonyl (C=O) groups is 2. The van der Waals surface area contributed by atoms with Crippen LogP contribution >= 0.6 is 15.9 Å². The molecule has 6 heteroatoms. The lowest BCUT2D eigenvalue weighted by molar-refractivity contribution is -0.139. The van der Waals surface area contributed by atoms with Gasteiger partial charge in [0.15, 0.2) is 0 Å². The summed E-state index contributed by atoms with van der Waals surface area (Å²) in [7, 11) is 0. The van der Waals surface area contributed by atoms with Gasteiger partial charge in [-0.05, 0) is 47.0 Å². The summed E-state index contributed by atoms with van der Waals surface area (Å²) in [6.45, 7) is 3.89. The van der Waals surface area contributed by atoms with E-state index in [0.717, 1.165) is 22.9 Å². The molecule has 1 rings (SSSR count). The minimum absolute atomic E-state index is 0.425. The van der Waals surface area contributed by atoms with Crippen molar-refractivity contribution in [3.05, 3.63) is 28.2 Å². The summed E-state index contributed by atoms with van der Waals surface area (Å²) >= 11 is 3.34. The van der Waals surface area contributed by atoms with Crippen molar-refractivity contribution in [2.75, 3.05) is 5.32 Å². The molecule has 0 fully saturated rings. The number of unbranched alkanes of at least 4 members (excludes halogenated alkanes) is 1. The third-order valence-corrected chi connectivity index (χ3v) is 3.51. The molecule has 0 saturated heterocycles. The van der Waals surface area contributed by atoms with E-state index in [1.807, 2.05) is 32.0 Å². The lowest BCUT2D eigenvalue weighted by Crippen LogP contribution is -2.43. The number of nitrogens with one attached hydrogen (secondary N) is 2. The van der Waals surface area contributed by atoms with Crippen LogP contribution < -0.4 is 10.6 Å². The number of benzene rings is 1. The number of hydrogen-bond acceptors (Lipinski definition) is 2. The van der Waals surface area contributed by atoms with Gasteiger partial charge < -0.3 is 15.7 Å². The van der Waals surface area contributed by atoms with E-state index < -0.39 is 18.0 Å². The van der Waals surface area contributed by atoms with E-state index in [-0.39, 0.29) is 0 Å². The van der Waals surface area contributed by atoms with Crippen LogP contribution in [0.15, 0.2) is 22.7 Å². The summed E-state index contributed by atoms with van der Waals surface area (Å²) in [5.41, 5.74) is 1.62. The maximum Gasteiger partial charge on any atom is 0.326 e. The fourth-order valence-corrected chi connectivity index (χ4v) is 2.06. The number of anilines is 1. The van der Waals surface area contributed by atoms with Gasteiger partial charge in [-0.1, -0.05) is 25.8 Å². The molecular formula is C14H19BrN2O3. The number of halogens is 1. The lowest BCUT2D eigenvalue weighted by Gasteiger charge is -2.15. The molecule has 0 spiro atoms. The Kier molecular flexibility index (Phi) is 6.51. The first-order valence-corrected chi connectivity index (χ1v) is 7.29. The molecule has 3 N–H and O–H groups in total. The van der Waals surface area contributed by atoms with Crippen molar-refractivity contribution in [1.82, 2.24) is 5.32 Å². The predicted octanol–water partition coefficient (Wildman–Crippen LogP) is 3.52. The van der Waals surface area contributed by atoms with Crippen LogP contribution in [0.3, 0.4) is 0 Å². The van der Waals surface area contributed by atoms with Gasteiger partial charge in [-0.3, -0.25) is 0 Å². The van der Waals surface area contributed by atoms with Gasteiger partial charge in [-0.25, -0.2) is 9.59 Å². The van der Waals surface area contributed by atoms with E-state index in [1.165, 1.54) is 0 Å². The quantitative estimate of drug-likeness (QED) is 0.739. The highest BCUT2D eigenvalue weighted by Gasteiger charge is 2.19. The summed E-state index contributed by atoms with van der Waals surface area (Å²) in [5, 5.41) is 14.2. The number of urea groups is 1. The van der Waals surface area contributed by atoms with Crippen molar-refractivity contribution < 1.29 is 14.7 Å². The van der Waals surface area contributed by atoms with Crippen LogP contribution in [0.4, 0.5) is 10.5 Å². The predicted molar refractivity (Wildman–Crippen MR) is 82.0 cm³/mol. The van der Waals surface area contributed by atoms with Crippen LogP contribution in [0, 0.1) is 6.92 Å². The highest BCUT2D eigenvalue weighted by molar-refractivity contribution is 9.10. The molecule has 1 aromatic rings. The van der Waals surface area contributed by atoms with Gasteiger partial charge in [-0.2, -0.15) is 0 Å². The number of carbonyl (C=O) groups excluding carboxylic acids is 1. The Morgan fingerprint density at radius 3 is 2.70 bits per heavy atom. The first-order chi connectivity index (χ1) is 9.43. The largest absolute Gasteiger partial charge is 0.480 e. The van der Waals surface area contributed by atoms with Crippen LogP contribution in [0.2, 0.25) is 0 Å². The zero-order chi connectivity index (χ0) is 15.1. The average molecular weight is 343 g/mol. The molecule has 1 atom stereocenters.